The fourth-order valence-electron chi connectivity index (χ4n) is 1.39. The van der Waals surface area contributed by atoms with E-state index in [4.69, 9.17) is 14.9 Å². The molecule has 0 unspecified atom stereocenters. The Morgan fingerprint density at radius 1 is 1.28 bits per heavy atom. The van der Waals surface area contributed by atoms with Crippen molar-refractivity contribution in [2.24, 2.45) is 10.9 Å². The van der Waals surface area contributed by atoms with E-state index in [1.54, 1.807) is 36.4 Å². The Kier molecular flexibility index (Phi) is 3.17. The van der Waals surface area contributed by atoms with Crippen LogP contribution in [0.25, 0.3) is 11.0 Å². The maximum absolute atomic E-state index is 11.6. The van der Waals surface area contributed by atoms with Gasteiger partial charge in [0.05, 0.1) is 12.1 Å². The standard InChI is InChI=1S/C13H7N3O2/c14-6-9(7-15)8-16-11-5-10-3-1-2-4-12(10)18-13(11)17/h1-5,8-9H. The minimum Gasteiger partial charge on any atom is -0.421 e. The van der Waals surface area contributed by atoms with Gasteiger partial charge in [-0.2, -0.15) is 10.5 Å². The van der Waals surface area contributed by atoms with Crippen molar-refractivity contribution < 1.29 is 4.42 Å². The Labute approximate surface area is 102 Å². The van der Waals surface area contributed by atoms with Gasteiger partial charge in [0.25, 0.3) is 0 Å². The fourth-order valence-corrected chi connectivity index (χ4v) is 1.39. The van der Waals surface area contributed by atoms with Crippen LogP contribution in [0.4, 0.5) is 5.69 Å². The lowest BCUT2D eigenvalue weighted by atomic mass is 10.2. The van der Waals surface area contributed by atoms with Gasteiger partial charge in [-0.15, -0.1) is 0 Å². The molecule has 0 aliphatic heterocycles. The average molecular weight is 237 g/mol. The molecule has 2 rings (SSSR count). The molecule has 0 aliphatic rings. The number of fused-ring (bicyclic) bond motifs is 1. The van der Waals surface area contributed by atoms with E-state index in [2.05, 4.69) is 4.99 Å². The van der Waals surface area contributed by atoms with Crippen molar-refractivity contribution in [2.45, 2.75) is 0 Å². The molecule has 18 heavy (non-hydrogen) atoms. The minimum atomic E-state index is -0.976. The zero-order chi connectivity index (χ0) is 13.0. The van der Waals surface area contributed by atoms with Gasteiger partial charge in [-0.3, -0.25) is 4.99 Å². The average Bonchev–Trinajstić information content (AvgIpc) is 2.40. The number of nitriles is 2. The molecule has 1 aromatic carbocycles. The number of benzene rings is 1. The molecule has 0 amide bonds. The number of hydrogen-bond acceptors (Lipinski definition) is 5. The normalized spacial score (nSPS) is 10.6. The summed E-state index contributed by atoms with van der Waals surface area (Å²) in [5.74, 6) is -0.976. The highest BCUT2D eigenvalue weighted by molar-refractivity contribution is 5.80. The molecular formula is C13H7N3O2. The van der Waals surface area contributed by atoms with Gasteiger partial charge in [-0.05, 0) is 12.1 Å². The zero-order valence-corrected chi connectivity index (χ0v) is 9.20. The van der Waals surface area contributed by atoms with Crippen LogP contribution in [0.5, 0.6) is 0 Å². The molecular weight excluding hydrogens is 230 g/mol. The SMILES string of the molecule is N#CC(C#N)C=Nc1cc2ccccc2oc1=O. The molecule has 1 heterocycles. The van der Waals surface area contributed by atoms with E-state index in [0.29, 0.717) is 5.58 Å². The van der Waals surface area contributed by atoms with Crippen molar-refractivity contribution in [3.05, 3.63) is 40.8 Å². The topological polar surface area (TPSA) is 90.2 Å². The fraction of sp³-hybridized carbons (Fsp3) is 0.0769. The van der Waals surface area contributed by atoms with Crippen molar-refractivity contribution >= 4 is 22.9 Å². The van der Waals surface area contributed by atoms with Crippen LogP contribution in [-0.4, -0.2) is 6.21 Å². The first kappa shape index (κ1) is 11.6. The van der Waals surface area contributed by atoms with Crippen LogP contribution in [0.3, 0.4) is 0 Å². The molecule has 0 atom stereocenters. The van der Waals surface area contributed by atoms with E-state index in [9.17, 15) is 4.79 Å². The Balaban J connectivity index is 2.47. The first-order valence-corrected chi connectivity index (χ1v) is 5.11. The second-order valence-corrected chi connectivity index (χ2v) is 3.47. The van der Waals surface area contributed by atoms with Crippen molar-refractivity contribution in [2.75, 3.05) is 0 Å². The highest BCUT2D eigenvalue weighted by Gasteiger charge is 2.05. The monoisotopic (exact) mass is 237 g/mol. The van der Waals surface area contributed by atoms with E-state index in [1.807, 2.05) is 6.07 Å². The summed E-state index contributed by atoms with van der Waals surface area (Å²) in [6.45, 7) is 0. The highest BCUT2D eigenvalue weighted by Crippen LogP contribution is 2.16. The van der Waals surface area contributed by atoms with Crippen LogP contribution in [0, 0.1) is 28.6 Å². The summed E-state index contributed by atoms with van der Waals surface area (Å²) in [4.78, 5) is 15.4. The first-order chi connectivity index (χ1) is 8.74. The molecule has 0 bridgehead atoms. The molecule has 5 nitrogen and oxygen atoms in total. The highest BCUT2D eigenvalue weighted by atomic mass is 16.4. The van der Waals surface area contributed by atoms with Crippen LogP contribution < -0.4 is 5.63 Å². The van der Waals surface area contributed by atoms with Gasteiger partial charge in [-0.1, -0.05) is 18.2 Å². The van der Waals surface area contributed by atoms with Crippen molar-refractivity contribution in [1.29, 1.82) is 10.5 Å². The van der Waals surface area contributed by atoms with E-state index < -0.39 is 11.5 Å². The predicted octanol–water partition coefficient (Wildman–Crippen LogP) is 2.16. The van der Waals surface area contributed by atoms with Crippen molar-refractivity contribution in [3.63, 3.8) is 0 Å². The third kappa shape index (κ3) is 2.26. The lowest BCUT2D eigenvalue weighted by molar-refractivity contribution is 0.563. The second-order valence-electron chi connectivity index (χ2n) is 3.47. The summed E-state index contributed by atoms with van der Waals surface area (Å²) in [5, 5.41) is 17.9. The molecule has 0 N–H and O–H groups in total. The maximum Gasteiger partial charge on any atom is 0.362 e. The van der Waals surface area contributed by atoms with Crippen LogP contribution in [0.2, 0.25) is 0 Å². The molecule has 1 aromatic heterocycles. The van der Waals surface area contributed by atoms with Crippen molar-refractivity contribution in [1.82, 2.24) is 0 Å². The summed E-state index contributed by atoms with van der Waals surface area (Å²) in [6, 6.07) is 12.1. The van der Waals surface area contributed by atoms with Gasteiger partial charge in [0.1, 0.15) is 11.3 Å². The molecule has 0 saturated carbocycles. The quantitative estimate of drug-likeness (QED) is 0.591. The summed E-state index contributed by atoms with van der Waals surface area (Å²) in [7, 11) is 0. The van der Waals surface area contributed by atoms with Crippen LogP contribution in [0.15, 0.2) is 44.5 Å². The van der Waals surface area contributed by atoms with Gasteiger partial charge >= 0.3 is 5.63 Å². The molecule has 0 saturated heterocycles. The molecule has 2 aromatic rings. The van der Waals surface area contributed by atoms with Crippen molar-refractivity contribution in [3.8, 4) is 12.1 Å². The molecule has 5 heteroatoms. The number of aliphatic imine (C=N–C) groups is 1. The van der Waals surface area contributed by atoms with Crippen LogP contribution >= 0.6 is 0 Å². The number of para-hydroxylation sites is 1. The molecule has 86 valence electrons. The first-order valence-electron chi connectivity index (χ1n) is 5.11. The number of rotatable bonds is 2. The van der Waals surface area contributed by atoms with Gasteiger partial charge in [-0.25, -0.2) is 4.79 Å². The number of nitrogens with zero attached hydrogens (tertiary/aromatic N) is 3. The van der Waals surface area contributed by atoms with Crippen LogP contribution in [-0.2, 0) is 0 Å². The summed E-state index contributed by atoms with van der Waals surface area (Å²) < 4.78 is 5.06. The largest absolute Gasteiger partial charge is 0.421 e. The maximum atomic E-state index is 11.6. The van der Waals surface area contributed by atoms with Gasteiger partial charge in [0, 0.05) is 11.6 Å². The zero-order valence-electron chi connectivity index (χ0n) is 9.20. The van der Waals surface area contributed by atoms with E-state index in [1.165, 1.54) is 0 Å². The summed E-state index contributed by atoms with van der Waals surface area (Å²) in [5.41, 5.74) is -0.0534. The Hall–Kier alpha value is -2.92. The predicted molar refractivity (Wildman–Crippen MR) is 65.4 cm³/mol. The lowest BCUT2D eigenvalue weighted by Gasteiger charge is -1.97. The third-order valence-corrected chi connectivity index (χ3v) is 2.26. The lowest BCUT2D eigenvalue weighted by Crippen LogP contribution is -1.99. The molecule has 0 fully saturated rings. The Bertz CT molecular complexity index is 733. The van der Waals surface area contributed by atoms with Gasteiger partial charge < -0.3 is 4.42 Å². The summed E-state index contributed by atoms with van der Waals surface area (Å²) in [6.07, 6.45) is 1.13. The molecule has 0 spiro atoms. The van der Waals surface area contributed by atoms with Gasteiger partial charge in [0.15, 0.2) is 5.92 Å². The van der Waals surface area contributed by atoms with E-state index in [0.717, 1.165) is 11.6 Å². The minimum absolute atomic E-state index is 0.0733. The van der Waals surface area contributed by atoms with Gasteiger partial charge in [0.2, 0.25) is 0 Å². The molecule has 0 radical (unpaired) electrons. The van der Waals surface area contributed by atoms with Crippen LogP contribution in [0.1, 0.15) is 0 Å². The second kappa shape index (κ2) is 4.94. The third-order valence-electron chi connectivity index (χ3n) is 2.26. The summed E-state index contributed by atoms with van der Waals surface area (Å²) >= 11 is 0. The van der Waals surface area contributed by atoms with E-state index >= 15 is 0 Å². The number of hydrogen-bond donors (Lipinski definition) is 0. The Morgan fingerprint density at radius 3 is 2.72 bits per heavy atom. The Morgan fingerprint density at radius 2 is 2.00 bits per heavy atom. The molecule has 0 aliphatic carbocycles. The smallest absolute Gasteiger partial charge is 0.362 e. The van der Waals surface area contributed by atoms with E-state index in [-0.39, 0.29) is 5.69 Å².